The number of Topliss-reactive ketones (excluding diaryl/α,β-unsaturated/α-hetero) is 1. The first kappa shape index (κ1) is 28.8. The number of nitrogens with two attached hydrogens (primary N) is 1. The molecule has 2 heterocycles. The Bertz CT molecular complexity index is 1400. The molecule has 0 radical (unpaired) electrons. The summed E-state index contributed by atoms with van der Waals surface area (Å²) in [6, 6.07) is 5.00. The highest BCUT2D eigenvalue weighted by Crippen LogP contribution is 2.40. The summed E-state index contributed by atoms with van der Waals surface area (Å²) in [6.07, 6.45) is 0.818. The van der Waals surface area contributed by atoms with Crippen LogP contribution in [0.25, 0.3) is 0 Å². The minimum Gasteiger partial charge on any atom is -0.453 e. The van der Waals surface area contributed by atoms with Gasteiger partial charge in [0.1, 0.15) is 17.9 Å². The Morgan fingerprint density at radius 1 is 1.16 bits per heavy atom. The molecule has 0 saturated heterocycles. The highest BCUT2D eigenvalue weighted by molar-refractivity contribution is 6.50. The van der Waals surface area contributed by atoms with E-state index in [9.17, 15) is 19.2 Å². The zero-order valence-corrected chi connectivity index (χ0v) is 22.5. The van der Waals surface area contributed by atoms with Gasteiger partial charge < -0.3 is 15.2 Å². The van der Waals surface area contributed by atoms with Crippen molar-refractivity contribution in [2.24, 2.45) is 16.8 Å². The Kier molecular flexibility index (Phi) is 8.93. The average molecular weight is 562 g/mol. The summed E-state index contributed by atoms with van der Waals surface area (Å²) in [7, 11) is 0. The van der Waals surface area contributed by atoms with Crippen LogP contribution in [0.1, 0.15) is 45.6 Å². The van der Waals surface area contributed by atoms with E-state index in [0.29, 0.717) is 5.56 Å². The van der Waals surface area contributed by atoms with Gasteiger partial charge in [0.05, 0.1) is 28.4 Å². The van der Waals surface area contributed by atoms with E-state index in [0.717, 1.165) is 5.01 Å². The van der Waals surface area contributed by atoms with Crippen LogP contribution in [0.5, 0.6) is 11.5 Å². The molecule has 2 aromatic rings. The van der Waals surface area contributed by atoms with Gasteiger partial charge in [-0.2, -0.15) is 15.4 Å². The lowest BCUT2D eigenvalue weighted by Gasteiger charge is -2.22. The van der Waals surface area contributed by atoms with Gasteiger partial charge >= 0.3 is 5.97 Å². The number of hydrogen-bond donors (Lipinski definition) is 1. The third-order valence-electron chi connectivity index (χ3n) is 5.61. The first-order valence-electron chi connectivity index (χ1n) is 11.5. The molecular formula is C25H25Cl2N5O6. The Hall–Kier alpha value is -3.72. The normalized spacial score (nSPS) is 14.4. The van der Waals surface area contributed by atoms with Gasteiger partial charge in [-0.05, 0) is 30.0 Å². The minimum absolute atomic E-state index is 0.0101. The van der Waals surface area contributed by atoms with Gasteiger partial charge in [0.25, 0.3) is 11.5 Å². The van der Waals surface area contributed by atoms with Gasteiger partial charge in [0.2, 0.25) is 11.5 Å². The molecule has 2 N–H and O–H groups in total. The number of carbonyl (C=O) groups is 3. The van der Waals surface area contributed by atoms with Crippen LogP contribution >= 0.6 is 23.2 Å². The van der Waals surface area contributed by atoms with E-state index in [4.69, 9.17) is 43.7 Å². The summed E-state index contributed by atoms with van der Waals surface area (Å²) < 4.78 is 12.3. The van der Waals surface area contributed by atoms with Crippen LogP contribution in [0.2, 0.25) is 10.0 Å². The predicted octanol–water partition coefficient (Wildman–Crippen LogP) is 3.74. The van der Waals surface area contributed by atoms with Crippen LogP contribution in [-0.2, 0) is 25.9 Å². The summed E-state index contributed by atoms with van der Waals surface area (Å²) in [5, 5.41) is 13.7. The van der Waals surface area contributed by atoms with Crippen molar-refractivity contribution < 1.29 is 23.9 Å². The number of amides is 1. The number of esters is 1. The van der Waals surface area contributed by atoms with Gasteiger partial charge in [-0.15, -0.1) is 0 Å². The van der Waals surface area contributed by atoms with Gasteiger partial charge in [0, 0.05) is 5.56 Å². The number of aromatic nitrogens is 1. The van der Waals surface area contributed by atoms with E-state index >= 15 is 0 Å². The van der Waals surface area contributed by atoms with E-state index in [-0.39, 0.29) is 51.4 Å². The second-order valence-electron chi connectivity index (χ2n) is 9.13. The number of ether oxygens (including phenoxy) is 2. The monoisotopic (exact) mass is 561 g/mol. The van der Waals surface area contributed by atoms with Crippen LogP contribution in [0.3, 0.4) is 0 Å². The molecule has 200 valence electrons. The van der Waals surface area contributed by atoms with Crippen molar-refractivity contribution >= 4 is 52.3 Å². The molecule has 1 aromatic heterocycles. The number of hydrogen-bond acceptors (Lipinski definition) is 9. The maximum absolute atomic E-state index is 12.9. The molecule has 3 rings (SSSR count). The molecule has 11 nitrogen and oxygen atoms in total. The molecule has 1 aliphatic rings. The number of anilines is 1. The maximum Gasteiger partial charge on any atom is 0.324 e. The number of pyridine rings is 1. The van der Waals surface area contributed by atoms with Gasteiger partial charge in [-0.1, -0.05) is 50.9 Å². The van der Waals surface area contributed by atoms with Crippen molar-refractivity contribution in [3.8, 4) is 17.6 Å². The van der Waals surface area contributed by atoms with E-state index in [1.54, 1.807) is 19.9 Å². The van der Waals surface area contributed by atoms with E-state index < -0.39 is 35.8 Å². The fourth-order valence-corrected chi connectivity index (χ4v) is 3.93. The molecule has 1 aromatic carbocycles. The Balaban J connectivity index is 1.95. The molecular weight excluding hydrogens is 537 g/mol. The lowest BCUT2D eigenvalue weighted by atomic mass is 10.1. The third kappa shape index (κ3) is 6.22. The topological polar surface area (TPSA) is 157 Å². The van der Waals surface area contributed by atoms with Gasteiger partial charge in [0.15, 0.2) is 12.5 Å². The minimum atomic E-state index is -0.843. The SMILES string of the molecule is CC(C)c1cc(Oc2c(Cl)cc(N3N=C(C#N)C(=O)CC3=O)cc2Cl)cn(COC(=O)C(N)C(C)C)c1=O. The number of carbonyl (C=O) groups excluding carboxylic acids is 3. The number of nitriles is 1. The summed E-state index contributed by atoms with van der Waals surface area (Å²) in [6.45, 7) is 6.80. The average Bonchev–Trinajstić information content (AvgIpc) is 2.85. The van der Waals surface area contributed by atoms with Gasteiger partial charge in [-0.25, -0.2) is 0 Å². The Morgan fingerprint density at radius 2 is 1.79 bits per heavy atom. The van der Waals surface area contributed by atoms with Crippen molar-refractivity contribution in [2.75, 3.05) is 5.01 Å². The fourth-order valence-electron chi connectivity index (χ4n) is 3.38. The molecule has 1 atom stereocenters. The van der Waals surface area contributed by atoms with Crippen LogP contribution < -0.4 is 21.0 Å². The van der Waals surface area contributed by atoms with Crippen LogP contribution in [-0.4, -0.2) is 34.0 Å². The van der Waals surface area contributed by atoms with Crippen molar-refractivity contribution in [3.05, 3.63) is 50.4 Å². The first-order valence-corrected chi connectivity index (χ1v) is 12.3. The smallest absolute Gasteiger partial charge is 0.324 e. The lowest BCUT2D eigenvalue weighted by Crippen LogP contribution is -2.38. The maximum atomic E-state index is 12.9. The van der Waals surface area contributed by atoms with E-state index in [2.05, 4.69) is 5.10 Å². The van der Waals surface area contributed by atoms with Crippen LogP contribution in [0.15, 0.2) is 34.3 Å². The number of nitrogens with zero attached hydrogens (tertiary/aromatic N) is 4. The highest BCUT2D eigenvalue weighted by atomic mass is 35.5. The second-order valence-corrected chi connectivity index (χ2v) is 9.94. The molecule has 1 unspecified atom stereocenters. The summed E-state index contributed by atoms with van der Waals surface area (Å²) in [5.74, 6) is -2.14. The quantitative estimate of drug-likeness (QED) is 0.377. The lowest BCUT2D eigenvalue weighted by molar-refractivity contribution is -0.150. The zero-order valence-electron chi connectivity index (χ0n) is 21.0. The molecule has 38 heavy (non-hydrogen) atoms. The summed E-state index contributed by atoms with van der Waals surface area (Å²) >= 11 is 12.8. The molecule has 0 saturated carbocycles. The largest absolute Gasteiger partial charge is 0.453 e. The summed E-state index contributed by atoms with van der Waals surface area (Å²) in [4.78, 5) is 49.2. The molecule has 0 aliphatic carbocycles. The van der Waals surface area contributed by atoms with Crippen molar-refractivity contribution in [3.63, 3.8) is 0 Å². The Labute approximate surface area is 228 Å². The molecule has 0 spiro atoms. The zero-order chi connectivity index (χ0) is 28.3. The third-order valence-corrected chi connectivity index (χ3v) is 6.17. The predicted molar refractivity (Wildman–Crippen MR) is 140 cm³/mol. The number of ketones is 1. The van der Waals surface area contributed by atoms with E-state index in [1.807, 2.05) is 13.8 Å². The first-order chi connectivity index (χ1) is 17.8. The van der Waals surface area contributed by atoms with Crippen LogP contribution in [0.4, 0.5) is 5.69 Å². The summed E-state index contributed by atoms with van der Waals surface area (Å²) in [5.41, 5.74) is 5.53. The van der Waals surface area contributed by atoms with Crippen LogP contribution in [0, 0.1) is 17.2 Å². The van der Waals surface area contributed by atoms with E-state index in [1.165, 1.54) is 29.0 Å². The molecule has 1 amide bonds. The standard InChI is InChI=1S/C25H25Cl2N5O6/c1-12(2)16-7-15(10-31(24(16)35)11-37-25(36)22(29)13(3)4)38-23-17(26)5-14(6-18(23)27)32-21(34)8-20(33)19(9-28)30-32/h5-7,10,12-13,22H,8,11,29H2,1-4H3. The van der Waals surface area contributed by atoms with Gasteiger partial charge in [-0.3, -0.25) is 23.7 Å². The molecule has 1 aliphatic heterocycles. The number of halogens is 2. The number of rotatable bonds is 8. The Morgan fingerprint density at radius 3 is 2.34 bits per heavy atom. The number of benzene rings is 1. The second kappa shape index (κ2) is 11.8. The molecule has 0 fully saturated rings. The number of hydrazone groups is 1. The molecule has 13 heteroatoms. The molecule has 0 bridgehead atoms. The highest BCUT2D eigenvalue weighted by Gasteiger charge is 2.29. The van der Waals surface area contributed by atoms with Crippen molar-refractivity contribution in [1.29, 1.82) is 5.26 Å². The van der Waals surface area contributed by atoms with Crippen molar-refractivity contribution in [2.45, 2.75) is 52.8 Å². The van der Waals surface area contributed by atoms with Crippen molar-refractivity contribution in [1.82, 2.24) is 4.57 Å². The fraction of sp³-hybridized carbons (Fsp3) is 0.360.